The van der Waals surface area contributed by atoms with Crippen molar-refractivity contribution in [3.63, 3.8) is 0 Å². The number of nitrogens with zero attached hydrogens (tertiary/aromatic N) is 1. The topological polar surface area (TPSA) is 92.4 Å². The summed E-state index contributed by atoms with van der Waals surface area (Å²) in [5.41, 5.74) is 0. The Labute approximate surface area is 103 Å². The van der Waals surface area contributed by atoms with Gasteiger partial charge in [-0.3, -0.25) is 9.59 Å². The number of carbonyl (C=O) groups excluding carboxylic acids is 1. The molecule has 0 aromatic carbocycles. The minimum atomic E-state index is -0.910. The van der Waals surface area contributed by atoms with Crippen LogP contribution in [0, 0.1) is 23.7 Å². The van der Waals surface area contributed by atoms with Gasteiger partial charge in [-0.05, 0) is 18.3 Å². The Balaban J connectivity index is 1.80. The average molecular weight is 248 g/mol. The van der Waals surface area contributed by atoms with Crippen LogP contribution in [0.3, 0.4) is 0 Å². The molecule has 1 fully saturated rings. The average Bonchev–Trinajstić information content (AvgIpc) is 3.03. The van der Waals surface area contributed by atoms with E-state index in [1.54, 1.807) is 0 Å². The van der Waals surface area contributed by atoms with Gasteiger partial charge in [0.15, 0.2) is 5.82 Å². The molecule has 2 N–H and O–H groups in total. The van der Waals surface area contributed by atoms with Crippen molar-refractivity contribution in [3.8, 4) is 0 Å². The van der Waals surface area contributed by atoms with Crippen molar-refractivity contribution in [2.24, 2.45) is 23.7 Å². The highest BCUT2D eigenvalue weighted by molar-refractivity contribution is 5.95. The number of aromatic nitrogens is 1. The molecule has 0 radical (unpaired) electrons. The zero-order chi connectivity index (χ0) is 12.7. The molecule has 1 amide bonds. The third-order valence-electron chi connectivity index (χ3n) is 3.74. The highest BCUT2D eigenvalue weighted by Gasteiger charge is 2.51. The van der Waals surface area contributed by atoms with Crippen molar-refractivity contribution < 1.29 is 19.2 Å². The van der Waals surface area contributed by atoms with Gasteiger partial charge in [0.1, 0.15) is 6.26 Å². The summed E-state index contributed by atoms with van der Waals surface area (Å²) in [6.45, 7) is 0. The third-order valence-corrected chi connectivity index (χ3v) is 3.74. The molecule has 1 heterocycles. The van der Waals surface area contributed by atoms with Crippen LogP contribution in [0.1, 0.15) is 6.42 Å². The van der Waals surface area contributed by atoms with E-state index in [-0.39, 0.29) is 17.7 Å². The van der Waals surface area contributed by atoms with Gasteiger partial charge < -0.3 is 14.9 Å². The second kappa shape index (κ2) is 3.97. The van der Waals surface area contributed by atoms with Gasteiger partial charge in [0.25, 0.3) is 0 Å². The molecule has 2 bridgehead atoms. The SMILES string of the molecule is O=C(Nc1ccon1)[C@@H]1[C@@H](C(=O)O)[C@H]2C=C[C@@H]1C2. The number of aliphatic carboxylic acids is 1. The fourth-order valence-electron chi connectivity index (χ4n) is 3.00. The predicted molar refractivity (Wildman–Crippen MR) is 60.5 cm³/mol. The van der Waals surface area contributed by atoms with Gasteiger partial charge >= 0.3 is 5.97 Å². The number of anilines is 1. The lowest BCUT2D eigenvalue weighted by molar-refractivity contribution is -0.146. The maximum Gasteiger partial charge on any atom is 0.307 e. The summed E-state index contributed by atoms with van der Waals surface area (Å²) in [6.07, 6.45) is 5.94. The second-order valence-corrected chi connectivity index (χ2v) is 4.71. The van der Waals surface area contributed by atoms with Gasteiger partial charge in [-0.25, -0.2) is 0 Å². The zero-order valence-corrected chi connectivity index (χ0v) is 9.45. The Morgan fingerprint density at radius 1 is 1.33 bits per heavy atom. The highest BCUT2D eigenvalue weighted by Crippen LogP contribution is 2.48. The van der Waals surface area contributed by atoms with Crippen molar-refractivity contribution >= 4 is 17.7 Å². The molecule has 1 aromatic rings. The van der Waals surface area contributed by atoms with Crippen LogP contribution in [0.25, 0.3) is 0 Å². The summed E-state index contributed by atoms with van der Waals surface area (Å²) in [5, 5.41) is 15.4. The van der Waals surface area contributed by atoms with E-state index in [9.17, 15) is 14.7 Å². The third kappa shape index (κ3) is 1.61. The summed E-state index contributed by atoms with van der Waals surface area (Å²) in [5.74, 6) is -2.05. The van der Waals surface area contributed by atoms with Crippen molar-refractivity contribution in [2.75, 3.05) is 5.32 Å². The Morgan fingerprint density at radius 2 is 2.06 bits per heavy atom. The van der Waals surface area contributed by atoms with Gasteiger partial charge in [-0.15, -0.1) is 0 Å². The van der Waals surface area contributed by atoms with Gasteiger partial charge in [0, 0.05) is 6.07 Å². The first-order chi connectivity index (χ1) is 8.66. The molecule has 0 aliphatic heterocycles. The summed E-state index contributed by atoms with van der Waals surface area (Å²) in [6, 6.07) is 1.52. The Kier molecular flexibility index (Phi) is 2.43. The molecule has 1 aromatic heterocycles. The van der Waals surface area contributed by atoms with E-state index in [2.05, 4.69) is 15.0 Å². The fourth-order valence-corrected chi connectivity index (χ4v) is 3.00. The molecule has 6 nitrogen and oxygen atoms in total. The van der Waals surface area contributed by atoms with Crippen LogP contribution in [0.4, 0.5) is 5.82 Å². The zero-order valence-electron chi connectivity index (χ0n) is 9.45. The van der Waals surface area contributed by atoms with Crippen LogP contribution >= 0.6 is 0 Å². The number of amides is 1. The van der Waals surface area contributed by atoms with Crippen molar-refractivity contribution in [1.82, 2.24) is 5.16 Å². The maximum atomic E-state index is 12.1. The maximum absolute atomic E-state index is 12.1. The molecule has 0 spiro atoms. The van der Waals surface area contributed by atoms with Crippen LogP contribution in [-0.2, 0) is 9.59 Å². The smallest absolute Gasteiger partial charge is 0.307 e. The molecular formula is C12H12N2O4. The lowest BCUT2D eigenvalue weighted by Crippen LogP contribution is -2.36. The Hall–Kier alpha value is -2.11. The summed E-state index contributed by atoms with van der Waals surface area (Å²) in [4.78, 5) is 23.4. The first-order valence-electron chi connectivity index (χ1n) is 5.79. The molecule has 6 heteroatoms. The molecule has 18 heavy (non-hydrogen) atoms. The van der Waals surface area contributed by atoms with Gasteiger partial charge in [0.05, 0.1) is 11.8 Å². The van der Waals surface area contributed by atoms with Crippen molar-refractivity contribution in [2.45, 2.75) is 6.42 Å². The van der Waals surface area contributed by atoms with E-state index in [0.717, 1.165) is 6.42 Å². The summed E-state index contributed by atoms with van der Waals surface area (Å²) < 4.78 is 4.62. The fraction of sp³-hybridized carbons (Fsp3) is 0.417. The molecule has 2 aliphatic carbocycles. The van der Waals surface area contributed by atoms with E-state index in [1.807, 2.05) is 12.2 Å². The quantitative estimate of drug-likeness (QED) is 0.782. The largest absolute Gasteiger partial charge is 0.481 e. The number of carboxylic acid groups (broad SMARTS) is 1. The number of rotatable bonds is 3. The molecule has 0 unspecified atom stereocenters. The van der Waals surface area contributed by atoms with E-state index in [4.69, 9.17) is 0 Å². The van der Waals surface area contributed by atoms with E-state index in [0.29, 0.717) is 5.82 Å². The van der Waals surface area contributed by atoms with Crippen LogP contribution in [0.5, 0.6) is 0 Å². The van der Waals surface area contributed by atoms with Crippen molar-refractivity contribution in [1.29, 1.82) is 0 Å². The highest BCUT2D eigenvalue weighted by atomic mass is 16.5. The molecule has 3 rings (SSSR count). The molecule has 94 valence electrons. The van der Waals surface area contributed by atoms with Crippen LogP contribution in [-0.4, -0.2) is 22.1 Å². The monoisotopic (exact) mass is 248 g/mol. The summed E-state index contributed by atoms with van der Waals surface area (Å²) >= 11 is 0. The lowest BCUT2D eigenvalue weighted by atomic mass is 9.82. The number of nitrogens with one attached hydrogen (secondary N) is 1. The van der Waals surface area contributed by atoms with Gasteiger partial charge in [-0.1, -0.05) is 17.3 Å². The number of fused-ring (bicyclic) bond motifs is 2. The lowest BCUT2D eigenvalue weighted by Gasteiger charge is -2.23. The normalized spacial score (nSPS) is 32.7. The van der Waals surface area contributed by atoms with E-state index >= 15 is 0 Å². The molecule has 2 aliphatic rings. The Morgan fingerprint density at radius 3 is 2.67 bits per heavy atom. The van der Waals surface area contributed by atoms with Crippen LogP contribution < -0.4 is 5.32 Å². The predicted octanol–water partition coefficient (Wildman–Crippen LogP) is 1.14. The van der Waals surface area contributed by atoms with E-state index < -0.39 is 17.8 Å². The van der Waals surface area contributed by atoms with Crippen molar-refractivity contribution in [3.05, 3.63) is 24.5 Å². The molecule has 0 saturated heterocycles. The Bertz CT molecular complexity index is 508. The number of hydrogen-bond donors (Lipinski definition) is 2. The minimum Gasteiger partial charge on any atom is -0.481 e. The first-order valence-corrected chi connectivity index (χ1v) is 5.79. The van der Waals surface area contributed by atoms with Gasteiger partial charge in [0.2, 0.25) is 5.91 Å². The summed E-state index contributed by atoms with van der Waals surface area (Å²) in [7, 11) is 0. The molecular weight excluding hydrogens is 236 g/mol. The number of carboxylic acids is 1. The second-order valence-electron chi connectivity index (χ2n) is 4.71. The van der Waals surface area contributed by atoms with Crippen LogP contribution in [0.2, 0.25) is 0 Å². The number of hydrogen-bond acceptors (Lipinski definition) is 4. The van der Waals surface area contributed by atoms with Gasteiger partial charge in [-0.2, -0.15) is 0 Å². The number of carbonyl (C=O) groups is 2. The standard InChI is InChI=1S/C12H12N2O4/c15-11(13-8-3-4-18-14-8)9-6-1-2-7(5-6)10(9)12(16)17/h1-4,6-7,9-10H,5H2,(H,16,17)(H,13,14,15)/t6-,7+,9+,10+/m1/s1. The number of allylic oxidation sites excluding steroid dienone is 2. The van der Waals surface area contributed by atoms with Crippen LogP contribution in [0.15, 0.2) is 29.0 Å². The molecule has 4 atom stereocenters. The minimum absolute atomic E-state index is 0.0167. The van der Waals surface area contributed by atoms with E-state index in [1.165, 1.54) is 12.3 Å². The first kappa shape index (κ1) is 11.0. The molecule has 1 saturated carbocycles.